The molecule has 1 aliphatic rings. The third-order valence-corrected chi connectivity index (χ3v) is 4.37. The van der Waals surface area contributed by atoms with E-state index < -0.39 is 0 Å². The molecule has 2 aromatic heterocycles. The molecular formula is C18H14ClN. The molecule has 0 N–H and O–H groups in total. The zero-order chi connectivity index (χ0) is 13.7. The lowest BCUT2D eigenvalue weighted by atomic mass is 9.89. The average molecular weight is 280 g/mol. The van der Waals surface area contributed by atoms with Crippen molar-refractivity contribution in [2.75, 3.05) is 0 Å². The van der Waals surface area contributed by atoms with E-state index in [1.54, 1.807) is 0 Å². The van der Waals surface area contributed by atoms with Crippen LogP contribution in [0.2, 0.25) is 5.02 Å². The highest BCUT2D eigenvalue weighted by molar-refractivity contribution is 6.30. The minimum absolute atomic E-state index is 0.778. The van der Waals surface area contributed by atoms with Crippen molar-refractivity contribution in [1.82, 2.24) is 4.40 Å². The van der Waals surface area contributed by atoms with Crippen LogP contribution in [0.25, 0.3) is 22.2 Å². The number of aryl methyl sites for hydroxylation is 1. The smallest absolute Gasteiger partial charge is 0.0563 e. The van der Waals surface area contributed by atoms with Gasteiger partial charge in [-0.05, 0) is 47.7 Å². The van der Waals surface area contributed by atoms with E-state index in [2.05, 4.69) is 47.6 Å². The molecular weight excluding hydrogens is 266 g/mol. The van der Waals surface area contributed by atoms with Gasteiger partial charge in [-0.3, -0.25) is 0 Å². The summed E-state index contributed by atoms with van der Waals surface area (Å²) < 4.78 is 2.22. The van der Waals surface area contributed by atoms with Crippen LogP contribution in [0, 0.1) is 0 Å². The van der Waals surface area contributed by atoms with Crippen LogP contribution < -0.4 is 0 Å². The standard InChI is InChI=1S/C18H14ClN/c1-12-4-9-16-17(13-5-7-14(19)8-6-13)11-20-10-2-3-15(12)18(16)20/h2-3,5-8,10-11H,1,4,9H2. The normalized spacial score (nSPS) is 13.9. The first-order valence-corrected chi connectivity index (χ1v) is 7.18. The van der Waals surface area contributed by atoms with Crippen LogP contribution in [0.5, 0.6) is 0 Å². The second-order valence-corrected chi connectivity index (χ2v) is 5.75. The molecule has 0 spiro atoms. The number of rotatable bonds is 1. The third kappa shape index (κ3) is 1.63. The van der Waals surface area contributed by atoms with Gasteiger partial charge in [0, 0.05) is 28.5 Å². The minimum atomic E-state index is 0.778. The molecule has 0 saturated heterocycles. The molecule has 4 rings (SSSR count). The molecule has 0 aliphatic heterocycles. The van der Waals surface area contributed by atoms with Gasteiger partial charge in [0.15, 0.2) is 0 Å². The van der Waals surface area contributed by atoms with E-state index in [9.17, 15) is 0 Å². The van der Waals surface area contributed by atoms with E-state index in [-0.39, 0.29) is 0 Å². The van der Waals surface area contributed by atoms with Gasteiger partial charge in [-0.2, -0.15) is 0 Å². The molecule has 1 nitrogen and oxygen atoms in total. The molecule has 1 aromatic carbocycles. The maximum atomic E-state index is 5.99. The highest BCUT2D eigenvalue weighted by Gasteiger charge is 2.20. The number of allylic oxidation sites excluding steroid dienone is 1. The van der Waals surface area contributed by atoms with Gasteiger partial charge < -0.3 is 4.40 Å². The average Bonchev–Trinajstić information content (AvgIpc) is 2.84. The van der Waals surface area contributed by atoms with Crippen LogP contribution in [-0.4, -0.2) is 4.40 Å². The monoisotopic (exact) mass is 279 g/mol. The quantitative estimate of drug-likeness (QED) is 0.575. The lowest BCUT2D eigenvalue weighted by Gasteiger charge is -2.16. The summed E-state index contributed by atoms with van der Waals surface area (Å²) in [4.78, 5) is 0. The molecule has 0 atom stereocenters. The molecule has 2 heterocycles. The van der Waals surface area contributed by atoms with E-state index in [1.807, 2.05) is 12.1 Å². The van der Waals surface area contributed by atoms with Gasteiger partial charge in [-0.15, -0.1) is 0 Å². The van der Waals surface area contributed by atoms with Crippen LogP contribution in [0.3, 0.4) is 0 Å². The fourth-order valence-electron chi connectivity index (χ4n) is 3.12. The maximum Gasteiger partial charge on any atom is 0.0563 e. The van der Waals surface area contributed by atoms with Gasteiger partial charge >= 0.3 is 0 Å². The lowest BCUT2D eigenvalue weighted by molar-refractivity contribution is 1.01. The summed E-state index contributed by atoms with van der Waals surface area (Å²) in [7, 11) is 0. The van der Waals surface area contributed by atoms with Gasteiger partial charge in [0.25, 0.3) is 0 Å². The molecule has 2 heteroatoms. The third-order valence-electron chi connectivity index (χ3n) is 4.11. The topological polar surface area (TPSA) is 4.41 Å². The molecule has 0 unspecified atom stereocenters. The van der Waals surface area contributed by atoms with Gasteiger partial charge in [0.2, 0.25) is 0 Å². The van der Waals surface area contributed by atoms with E-state index >= 15 is 0 Å². The summed E-state index contributed by atoms with van der Waals surface area (Å²) in [5, 5.41) is 0.778. The van der Waals surface area contributed by atoms with Gasteiger partial charge in [-0.25, -0.2) is 0 Å². The number of hydrogen-bond donors (Lipinski definition) is 0. The molecule has 20 heavy (non-hydrogen) atoms. The Morgan fingerprint density at radius 3 is 2.60 bits per heavy atom. The summed E-state index contributed by atoms with van der Waals surface area (Å²) in [5.74, 6) is 0. The number of pyridine rings is 1. The summed E-state index contributed by atoms with van der Waals surface area (Å²) in [5.41, 5.74) is 7.80. The maximum absolute atomic E-state index is 5.99. The summed E-state index contributed by atoms with van der Waals surface area (Å²) in [6.07, 6.45) is 6.43. The minimum Gasteiger partial charge on any atom is -0.322 e. The zero-order valence-electron chi connectivity index (χ0n) is 11.1. The predicted molar refractivity (Wildman–Crippen MR) is 85.2 cm³/mol. The Morgan fingerprint density at radius 2 is 1.80 bits per heavy atom. The van der Waals surface area contributed by atoms with E-state index in [0.29, 0.717) is 0 Å². The Morgan fingerprint density at radius 1 is 1.00 bits per heavy atom. The number of benzene rings is 1. The van der Waals surface area contributed by atoms with Crippen LogP contribution >= 0.6 is 11.6 Å². The largest absolute Gasteiger partial charge is 0.322 e. The van der Waals surface area contributed by atoms with Crippen molar-refractivity contribution in [3.63, 3.8) is 0 Å². The Balaban J connectivity index is 2.03. The van der Waals surface area contributed by atoms with Gasteiger partial charge in [0.1, 0.15) is 0 Å². The molecule has 0 fully saturated rings. The molecule has 0 amide bonds. The fraction of sp³-hybridized carbons (Fsp3) is 0.111. The second kappa shape index (κ2) is 4.26. The molecule has 3 aromatic rings. The summed E-state index contributed by atoms with van der Waals surface area (Å²) in [6, 6.07) is 12.4. The Bertz CT molecular complexity index is 824. The fourth-order valence-corrected chi connectivity index (χ4v) is 3.25. The first kappa shape index (κ1) is 11.8. The van der Waals surface area contributed by atoms with Crippen molar-refractivity contribution in [1.29, 1.82) is 0 Å². The zero-order valence-corrected chi connectivity index (χ0v) is 11.8. The Hall–Kier alpha value is -1.99. The first-order valence-electron chi connectivity index (χ1n) is 6.81. The van der Waals surface area contributed by atoms with Gasteiger partial charge in [0.05, 0.1) is 5.52 Å². The molecule has 0 saturated carbocycles. The SMILES string of the molecule is C=C1CCc2c(-c3ccc(Cl)cc3)cn3cccc1c23. The Kier molecular flexibility index (Phi) is 2.51. The number of nitrogens with zero attached hydrogens (tertiary/aromatic N) is 1. The first-order chi connectivity index (χ1) is 9.74. The van der Waals surface area contributed by atoms with E-state index in [0.717, 1.165) is 17.9 Å². The van der Waals surface area contributed by atoms with Crippen molar-refractivity contribution >= 4 is 22.7 Å². The predicted octanol–water partition coefficient (Wildman–Crippen LogP) is 5.22. The van der Waals surface area contributed by atoms with Crippen molar-refractivity contribution in [2.45, 2.75) is 12.8 Å². The van der Waals surface area contributed by atoms with Crippen molar-refractivity contribution in [3.8, 4) is 11.1 Å². The van der Waals surface area contributed by atoms with Crippen molar-refractivity contribution in [2.24, 2.45) is 0 Å². The second-order valence-electron chi connectivity index (χ2n) is 5.31. The number of halogens is 1. The lowest BCUT2D eigenvalue weighted by Crippen LogP contribution is -2.00. The van der Waals surface area contributed by atoms with E-state index in [1.165, 1.54) is 33.3 Å². The molecule has 0 radical (unpaired) electrons. The number of hydrogen-bond acceptors (Lipinski definition) is 0. The summed E-state index contributed by atoms with van der Waals surface area (Å²) >= 11 is 5.99. The van der Waals surface area contributed by atoms with E-state index in [4.69, 9.17) is 11.6 Å². The Labute approximate surface area is 123 Å². The highest BCUT2D eigenvalue weighted by Crippen LogP contribution is 2.38. The van der Waals surface area contributed by atoms with Crippen molar-refractivity contribution < 1.29 is 0 Å². The van der Waals surface area contributed by atoms with Crippen LogP contribution in [0.1, 0.15) is 17.5 Å². The highest BCUT2D eigenvalue weighted by atomic mass is 35.5. The molecule has 98 valence electrons. The summed E-state index contributed by atoms with van der Waals surface area (Å²) in [6.45, 7) is 4.20. The van der Waals surface area contributed by atoms with Gasteiger partial charge in [-0.1, -0.05) is 36.4 Å². The number of aromatic nitrogens is 1. The van der Waals surface area contributed by atoms with Crippen molar-refractivity contribution in [3.05, 3.63) is 71.5 Å². The van der Waals surface area contributed by atoms with Crippen LogP contribution in [0.15, 0.2) is 55.4 Å². The van der Waals surface area contributed by atoms with Crippen LogP contribution in [-0.2, 0) is 6.42 Å². The molecule has 0 bridgehead atoms. The molecule has 1 aliphatic carbocycles. The van der Waals surface area contributed by atoms with Crippen LogP contribution in [0.4, 0.5) is 0 Å².